The van der Waals surface area contributed by atoms with E-state index in [1.54, 1.807) is 39.6 Å². The van der Waals surface area contributed by atoms with Crippen LogP contribution in [0.4, 0.5) is 20.7 Å². The van der Waals surface area contributed by atoms with E-state index in [9.17, 15) is 9.18 Å². The van der Waals surface area contributed by atoms with Gasteiger partial charge in [0.25, 0.3) is 0 Å². The molecule has 3 aromatic rings. The molecule has 1 aliphatic rings. The van der Waals surface area contributed by atoms with Gasteiger partial charge in [0.2, 0.25) is 0 Å². The molecule has 1 unspecified atom stereocenters. The van der Waals surface area contributed by atoms with Crippen molar-refractivity contribution in [3.63, 3.8) is 0 Å². The number of pyridine rings is 1. The van der Waals surface area contributed by atoms with Crippen molar-refractivity contribution in [3.05, 3.63) is 77.2 Å². The minimum atomic E-state index is -0.276. The number of methoxy groups -OCH3 is 2. The zero-order valence-electron chi connectivity index (χ0n) is 20.8. The van der Waals surface area contributed by atoms with Crippen LogP contribution in [-0.4, -0.2) is 56.8 Å². The van der Waals surface area contributed by atoms with Gasteiger partial charge >= 0.3 is 6.03 Å². The number of urea groups is 1. The summed E-state index contributed by atoms with van der Waals surface area (Å²) < 4.78 is 24.6. The Morgan fingerprint density at radius 3 is 2.58 bits per heavy atom. The molecule has 9 heteroatoms. The number of ether oxygens (including phenoxy) is 2. The third kappa shape index (κ3) is 6.04. The van der Waals surface area contributed by atoms with Gasteiger partial charge in [0.05, 0.1) is 14.2 Å². The molecule has 2 aromatic carbocycles. The number of aromatic nitrogens is 1. The minimum absolute atomic E-state index is 0.0438. The molecule has 1 aliphatic heterocycles. The number of nitrogens with one attached hydrogen (secondary N) is 3. The van der Waals surface area contributed by atoms with Crippen LogP contribution in [0.5, 0.6) is 11.5 Å². The normalized spacial score (nSPS) is 15.1. The number of amides is 2. The topological polar surface area (TPSA) is 87.8 Å². The van der Waals surface area contributed by atoms with Crippen LogP contribution in [0.2, 0.25) is 0 Å². The van der Waals surface area contributed by atoms with Gasteiger partial charge in [0, 0.05) is 50.7 Å². The summed E-state index contributed by atoms with van der Waals surface area (Å²) in [6.45, 7) is 1.96. The van der Waals surface area contributed by atoms with Gasteiger partial charge in [-0.2, -0.15) is 0 Å². The van der Waals surface area contributed by atoms with Crippen molar-refractivity contribution in [2.24, 2.45) is 0 Å². The van der Waals surface area contributed by atoms with E-state index in [0.717, 1.165) is 24.1 Å². The van der Waals surface area contributed by atoms with Crippen molar-refractivity contribution in [2.75, 3.05) is 51.5 Å². The summed E-state index contributed by atoms with van der Waals surface area (Å²) in [7, 11) is 5.04. The van der Waals surface area contributed by atoms with Crippen molar-refractivity contribution in [1.29, 1.82) is 0 Å². The maximum absolute atomic E-state index is 13.5. The molecule has 0 aliphatic carbocycles. The Hall–Kier alpha value is -3.85. The summed E-state index contributed by atoms with van der Waals surface area (Å²) in [5.41, 5.74) is 4.07. The molecule has 0 fully saturated rings. The van der Waals surface area contributed by atoms with Crippen LogP contribution in [0.3, 0.4) is 0 Å². The molecule has 4 rings (SSSR count). The van der Waals surface area contributed by atoms with Crippen LogP contribution in [0.15, 0.2) is 54.7 Å². The second-order valence-electron chi connectivity index (χ2n) is 8.60. The molecular weight excluding hydrogens is 461 g/mol. The Bertz CT molecular complexity index is 1190. The van der Waals surface area contributed by atoms with Gasteiger partial charge in [-0.15, -0.1) is 0 Å². The Labute approximate surface area is 210 Å². The average molecular weight is 494 g/mol. The molecule has 0 bridgehead atoms. The Morgan fingerprint density at radius 2 is 1.86 bits per heavy atom. The lowest BCUT2D eigenvalue weighted by Gasteiger charge is -2.38. The molecule has 0 saturated heterocycles. The standard InChI is InChI=1S/C27H32FN5O3/c1-29-26-16-21(8-10-30-26)32-27(34)31-11-13-33-12-9-19-15-24(35-2)25(36-3)17-22(19)23(33)14-18-4-6-20(28)7-5-18/h4-8,10,15-17,23H,9,11-14H2,1-3H3,(H3,29,30,31,32,34). The summed E-state index contributed by atoms with van der Waals surface area (Å²) in [5, 5.41) is 8.74. The first kappa shape index (κ1) is 25.2. The summed E-state index contributed by atoms with van der Waals surface area (Å²) in [4.78, 5) is 19.0. The lowest BCUT2D eigenvalue weighted by atomic mass is 9.88. The number of carbonyl (C=O) groups excluding carboxylic acids is 1. The molecule has 190 valence electrons. The summed E-state index contributed by atoms with van der Waals surface area (Å²) in [6, 6.07) is 14.0. The smallest absolute Gasteiger partial charge is 0.319 e. The van der Waals surface area contributed by atoms with E-state index in [-0.39, 0.29) is 17.9 Å². The Balaban J connectivity index is 1.47. The Kier molecular flexibility index (Phi) is 8.22. The fraction of sp³-hybridized carbons (Fsp3) is 0.333. The molecule has 0 radical (unpaired) electrons. The van der Waals surface area contributed by atoms with Crippen LogP contribution in [0.1, 0.15) is 22.7 Å². The van der Waals surface area contributed by atoms with E-state index >= 15 is 0 Å². The van der Waals surface area contributed by atoms with Gasteiger partial charge in [-0.05, 0) is 59.9 Å². The van der Waals surface area contributed by atoms with Crippen LogP contribution in [0.25, 0.3) is 0 Å². The number of halogens is 1. The van der Waals surface area contributed by atoms with Crippen LogP contribution >= 0.6 is 0 Å². The second kappa shape index (κ2) is 11.7. The van der Waals surface area contributed by atoms with E-state index in [2.05, 4.69) is 25.8 Å². The molecule has 2 amide bonds. The molecule has 2 heterocycles. The number of nitrogens with zero attached hydrogens (tertiary/aromatic N) is 2. The number of hydrogen-bond donors (Lipinski definition) is 3. The van der Waals surface area contributed by atoms with Gasteiger partial charge in [0.15, 0.2) is 11.5 Å². The first-order valence-electron chi connectivity index (χ1n) is 11.9. The number of hydrogen-bond acceptors (Lipinski definition) is 6. The molecule has 0 saturated carbocycles. The highest BCUT2D eigenvalue weighted by Gasteiger charge is 2.29. The maximum Gasteiger partial charge on any atom is 0.319 e. The first-order valence-corrected chi connectivity index (χ1v) is 11.9. The summed E-state index contributed by atoms with van der Waals surface area (Å²) in [6.07, 6.45) is 3.19. The minimum Gasteiger partial charge on any atom is -0.493 e. The summed E-state index contributed by atoms with van der Waals surface area (Å²) in [5.74, 6) is 1.81. The van der Waals surface area contributed by atoms with E-state index in [1.165, 1.54) is 17.7 Å². The van der Waals surface area contributed by atoms with E-state index in [4.69, 9.17) is 9.47 Å². The first-order chi connectivity index (χ1) is 17.5. The predicted molar refractivity (Wildman–Crippen MR) is 138 cm³/mol. The fourth-order valence-electron chi connectivity index (χ4n) is 4.56. The Morgan fingerprint density at radius 1 is 1.11 bits per heavy atom. The van der Waals surface area contributed by atoms with E-state index in [1.807, 2.05) is 24.3 Å². The van der Waals surface area contributed by atoms with Gasteiger partial charge in [-0.1, -0.05) is 12.1 Å². The van der Waals surface area contributed by atoms with E-state index < -0.39 is 0 Å². The van der Waals surface area contributed by atoms with Crippen LogP contribution in [0, 0.1) is 5.82 Å². The molecule has 36 heavy (non-hydrogen) atoms. The third-order valence-corrected chi connectivity index (χ3v) is 6.41. The number of anilines is 2. The number of rotatable bonds is 9. The van der Waals surface area contributed by atoms with Crippen molar-refractivity contribution >= 4 is 17.5 Å². The SMILES string of the molecule is CNc1cc(NC(=O)NCCN2CCc3cc(OC)c(OC)cc3C2Cc2ccc(F)cc2)ccn1. The highest BCUT2D eigenvalue weighted by molar-refractivity contribution is 5.89. The van der Waals surface area contributed by atoms with Crippen molar-refractivity contribution < 1.29 is 18.7 Å². The van der Waals surface area contributed by atoms with Gasteiger partial charge < -0.3 is 25.4 Å². The average Bonchev–Trinajstić information content (AvgIpc) is 2.90. The van der Waals surface area contributed by atoms with Gasteiger partial charge in [0.1, 0.15) is 11.6 Å². The van der Waals surface area contributed by atoms with E-state index in [0.29, 0.717) is 42.5 Å². The fourth-order valence-corrected chi connectivity index (χ4v) is 4.56. The largest absolute Gasteiger partial charge is 0.493 e. The van der Waals surface area contributed by atoms with Crippen molar-refractivity contribution in [1.82, 2.24) is 15.2 Å². The highest BCUT2D eigenvalue weighted by atomic mass is 19.1. The van der Waals surface area contributed by atoms with Crippen LogP contribution in [-0.2, 0) is 12.8 Å². The maximum atomic E-state index is 13.5. The number of fused-ring (bicyclic) bond motifs is 1. The molecule has 3 N–H and O–H groups in total. The highest BCUT2D eigenvalue weighted by Crippen LogP contribution is 2.39. The third-order valence-electron chi connectivity index (χ3n) is 6.41. The summed E-state index contributed by atoms with van der Waals surface area (Å²) >= 11 is 0. The molecule has 1 atom stereocenters. The zero-order chi connectivity index (χ0) is 25.5. The molecular formula is C27H32FN5O3. The lowest BCUT2D eigenvalue weighted by Crippen LogP contribution is -2.42. The molecule has 1 aromatic heterocycles. The lowest BCUT2D eigenvalue weighted by molar-refractivity contribution is 0.183. The number of carbonyl (C=O) groups is 1. The molecule has 0 spiro atoms. The zero-order valence-corrected chi connectivity index (χ0v) is 20.8. The van der Waals surface area contributed by atoms with Crippen LogP contribution < -0.4 is 25.4 Å². The number of benzene rings is 2. The monoisotopic (exact) mass is 493 g/mol. The molecule has 8 nitrogen and oxygen atoms in total. The van der Waals surface area contributed by atoms with Gasteiger partial charge in [-0.3, -0.25) is 4.90 Å². The quantitative estimate of drug-likeness (QED) is 0.413. The van der Waals surface area contributed by atoms with Crippen molar-refractivity contribution in [3.8, 4) is 11.5 Å². The second-order valence-corrected chi connectivity index (χ2v) is 8.60. The van der Waals surface area contributed by atoms with Crippen molar-refractivity contribution in [2.45, 2.75) is 18.9 Å². The predicted octanol–water partition coefficient (Wildman–Crippen LogP) is 4.24. The van der Waals surface area contributed by atoms with Gasteiger partial charge in [-0.25, -0.2) is 14.2 Å².